The Bertz CT molecular complexity index is 410. The quantitative estimate of drug-likeness (QED) is 0.912. The van der Waals surface area contributed by atoms with Crippen molar-refractivity contribution in [3.05, 3.63) is 46.2 Å². The minimum atomic E-state index is -0.451. The van der Waals surface area contributed by atoms with Gasteiger partial charge in [-0.05, 0) is 6.07 Å². The summed E-state index contributed by atoms with van der Waals surface area (Å²) in [5, 5.41) is 11.6. The number of hydrogen-bond acceptors (Lipinski definition) is 2. The van der Waals surface area contributed by atoms with Crippen LogP contribution >= 0.6 is 15.9 Å². The molecular formula is C11H10BrFN2. The van der Waals surface area contributed by atoms with E-state index in [0.717, 1.165) is 4.48 Å². The summed E-state index contributed by atoms with van der Waals surface area (Å²) in [6.07, 6.45) is 0. The molecule has 2 nitrogen and oxygen atoms in total. The number of nitriles is 1. The highest BCUT2D eigenvalue weighted by Gasteiger charge is 2.06. The molecule has 0 unspecified atom stereocenters. The maximum Gasteiger partial charge on any atom is 0.145 e. The molecule has 0 saturated heterocycles. The standard InChI is InChI=1S/C11H10BrFN2/c1-8(12)6-15-7-10-4-2-3-9(5-14)11(10)13/h2-4,15H,1,6-7H2. The van der Waals surface area contributed by atoms with Gasteiger partial charge in [0, 0.05) is 23.1 Å². The largest absolute Gasteiger partial charge is 0.308 e. The van der Waals surface area contributed by atoms with Crippen LogP contribution in [0.1, 0.15) is 11.1 Å². The second-order valence-corrected chi connectivity index (χ2v) is 4.13. The van der Waals surface area contributed by atoms with Crippen molar-refractivity contribution in [1.29, 1.82) is 5.26 Å². The van der Waals surface area contributed by atoms with Crippen LogP contribution in [0.2, 0.25) is 0 Å². The van der Waals surface area contributed by atoms with Crippen LogP contribution < -0.4 is 5.32 Å². The molecule has 0 aliphatic heterocycles. The van der Waals surface area contributed by atoms with Crippen molar-refractivity contribution in [2.24, 2.45) is 0 Å². The van der Waals surface area contributed by atoms with E-state index in [9.17, 15) is 4.39 Å². The predicted octanol–water partition coefficient (Wildman–Crippen LogP) is 2.70. The highest BCUT2D eigenvalue weighted by Crippen LogP contribution is 2.11. The molecule has 78 valence electrons. The Balaban J connectivity index is 2.70. The lowest BCUT2D eigenvalue weighted by atomic mass is 10.1. The van der Waals surface area contributed by atoms with Gasteiger partial charge >= 0.3 is 0 Å². The van der Waals surface area contributed by atoms with Crippen molar-refractivity contribution in [1.82, 2.24) is 5.32 Å². The van der Waals surface area contributed by atoms with Gasteiger partial charge in [-0.3, -0.25) is 0 Å². The van der Waals surface area contributed by atoms with Gasteiger partial charge in [-0.2, -0.15) is 5.26 Å². The number of hydrogen-bond donors (Lipinski definition) is 1. The first-order chi connectivity index (χ1) is 7.15. The van der Waals surface area contributed by atoms with Crippen LogP contribution in [0.4, 0.5) is 4.39 Å². The van der Waals surface area contributed by atoms with Crippen molar-refractivity contribution in [3.8, 4) is 6.07 Å². The molecule has 1 aromatic carbocycles. The summed E-state index contributed by atoms with van der Waals surface area (Å²) in [5.41, 5.74) is 0.565. The molecule has 0 atom stereocenters. The Kier molecular flexibility index (Phi) is 4.47. The van der Waals surface area contributed by atoms with Crippen LogP contribution in [0.25, 0.3) is 0 Å². The van der Waals surface area contributed by atoms with Crippen LogP contribution in [0, 0.1) is 17.1 Å². The van der Waals surface area contributed by atoms with E-state index in [1.165, 1.54) is 6.07 Å². The normalized spacial score (nSPS) is 9.67. The first-order valence-corrected chi connectivity index (χ1v) is 5.16. The fourth-order valence-corrected chi connectivity index (χ4v) is 1.33. The predicted molar refractivity (Wildman–Crippen MR) is 60.9 cm³/mol. The number of benzene rings is 1. The van der Waals surface area contributed by atoms with Crippen molar-refractivity contribution in [2.75, 3.05) is 6.54 Å². The lowest BCUT2D eigenvalue weighted by Crippen LogP contribution is -2.15. The number of nitrogens with zero attached hydrogens (tertiary/aromatic N) is 1. The van der Waals surface area contributed by atoms with E-state index in [2.05, 4.69) is 27.8 Å². The Labute approximate surface area is 96.5 Å². The van der Waals surface area contributed by atoms with Crippen LogP contribution in [0.15, 0.2) is 29.3 Å². The second kappa shape index (κ2) is 5.64. The molecule has 0 bridgehead atoms. The minimum absolute atomic E-state index is 0.0759. The van der Waals surface area contributed by atoms with Gasteiger partial charge in [0.15, 0.2) is 0 Å². The van der Waals surface area contributed by atoms with Gasteiger partial charge in [0.1, 0.15) is 11.9 Å². The van der Waals surface area contributed by atoms with Crippen LogP contribution in [-0.4, -0.2) is 6.54 Å². The highest BCUT2D eigenvalue weighted by molar-refractivity contribution is 9.11. The molecule has 0 radical (unpaired) electrons. The fraction of sp³-hybridized carbons (Fsp3) is 0.182. The summed E-state index contributed by atoms with van der Waals surface area (Å²) in [5.74, 6) is -0.451. The van der Waals surface area contributed by atoms with Gasteiger partial charge in [0.25, 0.3) is 0 Å². The van der Waals surface area contributed by atoms with Crippen molar-refractivity contribution in [3.63, 3.8) is 0 Å². The van der Waals surface area contributed by atoms with E-state index < -0.39 is 5.82 Å². The maximum absolute atomic E-state index is 13.5. The molecule has 15 heavy (non-hydrogen) atoms. The van der Waals surface area contributed by atoms with Gasteiger partial charge in [0.2, 0.25) is 0 Å². The SMILES string of the molecule is C=C(Br)CNCc1cccc(C#N)c1F. The summed E-state index contributed by atoms with van der Waals surface area (Å²) >= 11 is 3.19. The van der Waals surface area contributed by atoms with E-state index in [-0.39, 0.29) is 5.56 Å². The third-order valence-electron chi connectivity index (χ3n) is 1.83. The first kappa shape index (κ1) is 11.9. The van der Waals surface area contributed by atoms with Crippen LogP contribution in [0.3, 0.4) is 0 Å². The lowest BCUT2D eigenvalue weighted by Gasteiger charge is -2.05. The van der Waals surface area contributed by atoms with Gasteiger partial charge in [-0.1, -0.05) is 34.6 Å². The molecule has 1 N–H and O–H groups in total. The minimum Gasteiger partial charge on any atom is -0.308 e. The van der Waals surface area contributed by atoms with Crippen molar-refractivity contribution < 1.29 is 4.39 Å². The third kappa shape index (κ3) is 3.46. The molecular weight excluding hydrogens is 259 g/mol. The Morgan fingerprint density at radius 2 is 2.33 bits per heavy atom. The number of rotatable bonds is 4. The summed E-state index contributed by atoms with van der Waals surface area (Å²) in [4.78, 5) is 0. The van der Waals surface area contributed by atoms with Crippen LogP contribution in [-0.2, 0) is 6.54 Å². The maximum atomic E-state index is 13.5. The van der Waals surface area contributed by atoms with Gasteiger partial charge in [-0.25, -0.2) is 4.39 Å². The molecule has 4 heteroatoms. The van der Waals surface area contributed by atoms with E-state index in [4.69, 9.17) is 5.26 Å². The van der Waals surface area contributed by atoms with Crippen LogP contribution in [0.5, 0.6) is 0 Å². The summed E-state index contributed by atoms with van der Waals surface area (Å²) in [7, 11) is 0. The van der Waals surface area contributed by atoms with Crippen molar-refractivity contribution in [2.45, 2.75) is 6.54 Å². The molecule has 0 saturated carbocycles. The van der Waals surface area contributed by atoms with Crippen molar-refractivity contribution >= 4 is 15.9 Å². The number of halogens is 2. The Morgan fingerprint density at radius 1 is 1.60 bits per heavy atom. The molecule has 0 aromatic heterocycles. The third-order valence-corrected chi connectivity index (χ3v) is 2.11. The molecule has 0 aliphatic carbocycles. The Hall–Kier alpha value is -1.18. The molecule has 0 heterocycles. The molecule has 0 fully saturated rings. The molecule has 0 spiro atoms. The van der Waals surface area contributed by atoms with E-state index in [1.807, 2.05) is 0 Å². The number of nitrogens with one attached hydrogen (secondary N) is 1. The smallest absolute Gasteiger partial charge is 0.145 e. The van der Waals surface area contributed by atoms with Gasteiger partial charge in [-0.15, -0.1) is 0 Å². The zero-order chi connectivity index (χ0) is 11.3. The zero-order valence-corrected chi connectivity index (χ0v) is 9.64. The first-order valence-electron chi connectivity index (χ1n) is 4.36. The second-order valence-electron chi connectivity index (χ2n) is 3.01. The molecule has 0 aliphatic rings. The summed E-state index contributed by atoms with van der Waals surface area (Å²) in [6.45, 7) is 4.60. The highest BCUT2D eigenvalue weighted by atomic mass is 79.9. The monoisotopic (exact) mass is 268 g/mol. The molecule has 0 amide bonds. The van der Waals surface area contributed by atoms with E-state index >= 15 is 0 Å². The average molecular weight is 269 g/mol. The lowest BCUT2D eigenvalue weighted by molar-refractivity contribution is 0.593. The zero-order valence-electron chi connectivity index (χ0n) is 8.06. The summed E-state index contributed by atoms with van der Waals surface area (Å²) < 4.78 is 14.3. The summed E-state index contributed by atoms with van der Waals surface area (Å²) in [6, 6.07) is 6.59. The molecule has 1 rings (SSSR count). The van der Waals surface area contributed by atoms with Gasteiger partial charge < -0.3 is 5.32 Å². The van der Waals surface area contributed by atoms with E-state index in [0.29, 0.717) is 18.7 Å². The fourth-order valence-electron chi connectivity index (χ4n) is 1.14. The topological polar surface area (TPSA) is 35.8 Å². The Morgan fingerprint density at radius 3 is 2.93 bits per heavy atom. The molecule has 1 aromatic rings. The van der Waals surface area contributed by atoms with Gasteiger partial charge in [0.05, 0.1) is 5.56 Å². The van der Waals surface area contributed by atoms with E-state index in [1.54, 1.807) is 18.2 Å². The average Bonchev–Trinajstić information content (AvgIpc) is 2.20.